The van der Waals surface area contributed by atoms with E-state index in [-0.39, 0.29) is 17.3 Å². The third-order valence-corrected chi connectivity index (χ3v) is 3.81. The van der Waals surface area contributed by atoms with Crippen molar-refractivity contribution in [2.75, 3.05) is 5.32 Å². The number of nitrogens with one attached hydrogen (secondary N) is 2. The molecule has 0 aliphatic carbocycles. The molecule has 3 rings (SSSR count). The molecule has 0 saturated carbocycles. The second kappa shape index (κ2) is 6.71. The van der Waals surface area contributed by atoms with Gasteiger partial charge in [0.1, 0.15) is 5.69 Å². The summed E-state index contributed by atoms with van der Waals surface area (Å²) in [6.45, 7) is 3.29. The smallest absolute Gasteiger partial charge is 0.338 e. The van der Waals surface area contributed by atoms with Crippen molar-refractivity contribution in [3.05, 3.63) is 63.3 Å². The van der Waals surface area contributed by atoms with Gasteiger partial charge < -0.3 is 9.51 Å². The van der Waals surface area contributed by atoms with Crippen molar-refractivity contribution < 1.29 is 22.5 Å². The van der Waals surface area contributed by atoms with Gasteiger partial charge in [-0.05, 0) is 26.0 Å². The Bertz CT molecular complexity index is 1050. The first-order valence-electron chi connectivity index (χ1n) is 7.68. The first kappa shape index (κ1) is 18.4. The van der Waals surface area contributed by atoms with Crippen LogP contribution in [0.15, 0.2) is 39.6 Å². The van der Waals surface area contributed by atoms with E-state index in [0.717, 1.165) is 12.1 Å². The minimum absolute atomic E-state index is 0.0747. The van der Waals surface area contributed by atoms with Crippen molar-refractivity contribution in [2.45, 2.75) is 20.0 Å². The van der Waals surface area contributed by atoms with Gasteiger partial charge in [0.25, 0.3) is 11.5 Å². The molecule has 2 aromatic heterocycles. The molecule has 0 aliphatic heterocycles. The van der Waals surface area contributed by atoms with Gasteiger partial charge in [0, 0.05) is 17.3 Å². The number of hydrogen-bond donors (Lipinski definition) is 2. The summed E-state index contributed by atoms with van der Waals surface area (Å²) in [5, 5.41) is 6.04. The van der Waals surface area contributed by atoms with Gasteiger partial charge in [-0.25, -0.2) is 4.98 Å². The summed E-state index contributed by atoms with van der Waals surface area (Å²) in [4.78, 5) is 30.5. The molecule has 0 radical (unpaired) electrons. The van der Waals surface area contributed by atoms with E-state index < -0.39 is 23.2 Å². The maximum absolute atomic E-state index is 12.6. The molecule has 1 aromatic carbocycles. The summed E-state index contributed by atoms with van der Waals surface area (Å²) >= 11 is 0. The number of aryl methyl sites for hydroxylation is 2. The second-order valence-corrected chi connectivity index (χ2v) is 5.73. The minimum Gasteiger partial charge on any atom is -0.338 e. The molecule has 3 aromatic rings. The zero-order chi connectivity index (χ0) is 19.8. The molecule has 0 saturated heterocycles. The van der Waals surface area contributed by atoms with E-state index >= 15 is 0 Å². The number of benzene rings is 1. The van der Waals surface area contributed by atoms with Crippen molar-refractivity contribution in [2.24, 2.45) is 0 Å². The lowest BCUT2D eigenvalue weighted by Gasteiger charge is -2.06. The van der Waals surface area contributed by atoms with Gasteiger partial charge >= 0.3 is 6.18 Å². The van der Waals surface area contributed by atoms with Gasteiger partial charge in [-0.15, -0.1) is 0 Å². The lowest BCUT2D eigenvalue weighted by atomic mass is 10.1. The highest BCUT2D eigenvalue weighted by molar-refractivity contribution is 6.02. The standard InChI is InChI=1S/C17H13F3N4O3/c1-8-9(2)22-15(25)14(21-8)16(26)23-13-7-12(24-27-13)10-3-5-11(6-4-10)17(18,19)20/h3-7H,1-2H3,(H,22,25)(H,23,26). The average molecular weight is 378 g/mol. The van der Waals surface area contributed by atoms with Crippen LogP contribution < -0.4 is 10.9 Å². The van der Waals surface area contributed by atoms with Crippen LogP contribution in [-0.2, 0) is 6.18 Å². The maximum Gasteiger partial charge on any atom is 0.416 e. The highest BCUT2D eigenvalue weighted by Crippen LogP contribution is 2.31. The predicted molar refractivity (Wildman–Crippen MR) is 89.2 cm³/mol. The van der Waals surface area contributed by atoms with E-state index in [9.17, 15) is 22.8 Å². The number of rotatable bonds is 3. The van der Waals surface area contributed by atoms with Crippen molar-refractivity contribution >= 4 is 11.8 Å². The Balaban J connectivity index is 1.79. The molecule has 1 amide bonds. The number of nitrogens with zero attached hydrogens (tertiary/aromatic N) is 2. The molecule has 27 heavy (non-hydrogen) atoms. The fourth-order valence-corrected chi connectivity index (χ4v) is 2.25. The van der Waals surface area contributed by atoms with E-state index in [4.69, 9.17) is 4.52 Å². The number of H-pyrrole nitrogens is 1. The number of alkyl halides is 3. The van der Waals surface area contributed by atoms with Gasteiger partial charge in [0.2, 0.25) is 5.88 Å². The normalized spacial score (nSPS) is 11.4. The van der Waals surface area contributed by atoms with Crippen LogP contribution in [-0.4, -0.2) is 21.0 Å². The number of hydrogen-bond acceptors (Lipinski definition) is 5. The third-order valence-electron chi connectivity index (χ3n) is 3.81. The Morgan fingerprint density at radius 3 is 2.48 bits per heavy atom. The molecule has 0 fully saturated rings. The number of halogens is 3. The Hall–Kier alpha value is -3.43. The Labute approximate surface area is 150 Å². The summed E-state index contributed by atoms with van der Waals surface area (Å²) in [5.74, 6) is -0.871. The van der Waals surface area contributed by atoms with Gasteiger partial charge in [-0.2, -0.15) is 13.2 Å². The van der Waals surface area contributed by atoms with Crippen LogP contribution in [0.25, 0.3) is 11.3 Å². The molecule has 0 spiro atoms. The van der Waals surface area contributed by atoms with Gasteiger partial charge in [-0.3, -0.25) is 14.9 Å². The molecule has 10 heteroatoms. The molecule has 2 N–H and O–H groups in total. The summed E-state index contributed by atoms with van der Waals surface area (Å²) in [6, 6.07) is 5.64. The highest BCUT2D eigenvalue weighted by Gasteiger charge is 2.30. The molecule has 0 bridgehead atoms. The van der Waals surface area contributed by atoms with Gasteiger partial charge in [0.15, 0.2) is 5.69 Å². The van der Waals surface area contributed by atoms with Gasteiger partial charge in [-0.1, -0.05) is 17.3 Å². The number of carbonyl (C=O) groups excluding carboxylic acids is 1. The zero-order valence-corrected chi connectivity index (χ0v) is 14.1. The molecular formula is C17H13F3N4O3. The molecule has 2 heterocycles. The number of amides is 1. The van der Waals surface area contributed by atoms with E-state index in [2.05, 4.69) is 20.4 Å². The zero-order valence-electron chi connectivity index (χ0n) is 14.1. The third kappa shape index (κ3) is 3.89. The second-order valence-electron chi connectivity index (χ2n) is 5.73. The molecule has 0 aliphatic rings. The van der Waals surface area contributed by atoms with Crippen molar-refractivity contribution in [3.63, 3.8) is 0 Å². The van der Waals surface area contributed by atoms with E-state index in [1.165, 1.54) is 18.2 Å². The van der Waals surface area contributed by atoms with Crippen LogP contribution in [0.5, 0.6) is 0 Å². The minimum atomic E-state index is -4.44. The summed E-state index contributed by atoms with van der Waals surface area (Å²) in [7, 11) is 0. The van der Waals surface area contributed by atoms with Crippen LogP contribution in [0.1, 0.15) is 27.4 Å². The topological polar surface area (TPSA) is 101 Å². The van der Waals surface area contributed by atoms with E-state index in [0.29, 0.717) is 17.0 Å². The molecule has 0 atom stereocenters. The molecule has 7 nitrogen and oxygen atoms in total. The van der Waals surface area contributed by atoms with E-state index in [1.807, 2.05) is 0 Å². The SMILES string of the molecule is Cc1nc(C(=O)Nc2cc(-c3ccc(C(F)(F)F)cc3)no2)c(=O)[nH]c1C. The van der Waals surface area contributed by atoms with Crippen LogP contribution in [0.3, 0.4) is 0 Å². The maximum atomic E-state index is 12.6. The van der Waals surface area contributed by atoms with Crippen LogP contribution in [0.4, 0.5) is 19.1 Å². The van der Waals surface area contributed by atoms with Crippen LogP contribution >= 0.6 is 0 Å². The van der Waals surface area contributed by atoms with Crippen LogP contribution in [0, 0.1) is 13.8 Å². The number of aromatic amines is 1. The number of aromatic nitrogens is 3. The van der Waals surface area contributed by atoms with Crippen LogP contribution in [0.2, 0.25) is 0 Å². The molecule has 140 valence electrons. The Kier molecular flexibility index (Phi) is 4.56. The fraction of sp³-hybridized carbons (Fsp3) is 0.176. The fourth-order valence-electron chi connectivity index (χ4n) is 2.25. The largest absolute Gasteiger partial charge is 0.416 e. The number of carbonyl (C=O) groups is 1. The monoisotopic (exact) mass is 378 g/mol. The highest BCUT2D eigenvalue weighted by atomic mass is 19.4. The predicted octanol–water partition coefficient (Wildman–Crippen LogP) is 3.31. The van der Waals surface area contributed by atoms with Crippen molar-refractivity contribution in [1.82, 2.24) is 15.1 Å². The summed E-state index contributed by atoms with van der Waals surface area (Å²) < 4.78 is 42.8. The quantitative estimate of drug-likeness (QED) is 0.728. The van der Waals surface area contributed by atoms with Crippen molar-refractivity contribution in [3.8, 4) is 11.3 Å². The first-order chi connectivity index (χ1) is 12.6. The molecular weight excluding hydrogens is 365 g/mol. The number of anilines is 1. The Morgan fingerprint density at radius 2 is 1.85 bits per heavy atom. The Morgan fingerprint density at radius 1 is 1.19 bits per heavy atom. The first-order valence-corrected chi connectivity index (χ1v) is 7.68. The lowest BCUT2D eigenvalue weighted by molar-refractivity contribution is -0.137. The lowest BCUT2D eigenvalue weighted by Crippen LogP contribution is -2.26. The summed E-state index contributed by atoms with van der Waals surface area (Å²) in [6.07, 6.45) is -4.44. The average Bonchev–Trinajstić information content (AvgIpc) is 3.06. The molecule has 0 unspecified atom stereocenters. The van der Waals surface area contributed by atoms with Gasteiger partial charge in [0.05, 0.1) is 11.3 Å². The van der Waals surface area contributed by atoms with Crippen molar-refractivity contribution in [1.29, 1.82) is 0 Å². The van der Waals surface area contributed by atoms with E-state index in [1.54, 1.807) is 13.8 Å². The summed E-state index contributed by atoms with van der Waals surface area (Å²) in [5.41, 5.74) is -0.161.